The maximum absolute atomic E-state index is 5.78. The molecule has 0 amide bonds. The molecule has 0 radical (unpaired) electrons. The average molecular weight is 840 g/mol. The Balaban J connectivity index is 1.35. The summed E-state index contributed by atoms with van der Waals surface area (Å²) in [6.45, 7) is 0. The van der Waals surface area contributed by atoms with Crippen molar-refractivity contribution in [3.05, 3.63) is 248 Å². The predicted octanol–water partition coefficient (Wildman–Crippen LogP) is 11.9. The standard InChI is InChI=1S/C58H45N7/c1-61(2)47-39-37-42(38-40-47)41-52(55-59-64(48-29-11-5-12-30-48)57(45-23-7-3-8-24-45)62(55)53-35-19-27-43-21-15-17-33-50(43)53)56-60-65(49-31-13-6-14-32-49)58(46-25-9-4-10-26-46)63(56)54-36-20-28-44-22-16-18-34-51(44)54/h3-41H,1-2H3/q+2. The van der Waals surface area contributed by atoms with Crippen LogP contribution in [-0.2, 0) is 0 Å². The van der Waals surface area contributed by atoms with Crippen LogP contribution in [0.3, 0.4) is 0 Å². The average Bonchev–Trinajstić information content (AvgIpc) is 3.97. The first kappa shape index (κ1) is 39.2. The van der Waals surface area contributed by atoms with Gasteiger partial charge in [0.05, 0.1) is 11.1 Å². The summed E-state index contributed by atoms with van der Waals surface area (Å²) in [7, 11) is 4.14. The molecule has 0 bridgehead atoms. The summed E-state index contributed by atoms with van der Waals surface area (Å²) in [6, 6.07) is 80.9. The first-order valence-corrected chi connectivity index (χ1v) is 21.9. The Morgan fingerprint density at radius 2 is 0.800 bits per heavy atom. The van der Waals surface area contributed by atoms with E-state index in [0.29, 0.717) is 11.6 Å². The molecular formula is C58H45N7+2. The third-order valence-corrected chi connectivity index (χ3v) is 11.9. The Bertz CT molecular complexity index is 3270. The van der Waals surface area contributed by atoms with Crippen LogP contribution in [0.2, 0.25) is 0 Å². The summed E-state index contributed by atoms with van der Waals surface area (Å²) in [5, 5.41) is 16.0. The van der Waals surface area contributed by atoms with Gasteiger partial charge in [0, 0.05) is 30.6 Å². The Kier molecular flexibility index (Phi) is 10.2. The highest BCUT2D eigenvalue weighted by Gasteiger charge is 2.40. The van der Waals surface area contributed by atoms with E-state index in [1.165, 1.54) is 0 Å². The minimum Gasteiger partial charge on any atom is -0.378 e. The molecule has 7 nitrogen and oxygen atoms in total. The van der Waals surface area contributed by atoms with Crippen molar-refractivity contribution in [2.24, 2.45) is 0 Å². The monoisotopic (exact) mass is 839 g/mol. The van der Waals surface area contributed by atoms with Crippen LogP contribution in [0.25, 0.3) is 78.7 Å². The summed E-state index contributed by atoms with van der Waals surface area (Å²) < 4.78 is 8.84. The van der Waals surface area contributed by atoms with E-state index >= 15 is 0 Å². The number of nitrogens with zero attached hydrogens (tertiary/aromatic N) is 7. The van der Waals surface area contributed by atoms with Crippen LogP contribution in [0.5, 0.6) is 0 Å². The third kappa shape index (κ3) is 7.25. The van der Waals surface area contributed by atoms with Gasteiger partial charge in [0.2, 0.25) is 0 Å². The van der Waals surface area contributed by atoms with Crippen molar-refractivity contribution < 1.29 is 9.36 Å². The molecule has 11 rings (SSSR count). The number of para-hydroxylation sites is 2. The zero-order valence-corrected chi connectivity index (χ0v) is 36.1. The minimum atomic E-state index is 0.715. The van der Waals surface area contributed by atoms with Crippen LogP contribution in [0.1, 0.15) is 17.2 Å². The zero-order chi connectivity index (χ0) is 43.7. The van der Waals surface area contributed by atoms with E-state index in [9.17, 15) is 0 Å². The van der Waals surface area contributed by atoms with Crippen molar-refractivity contribution >= 4 is 38.9 Å². The quantitative estimate of drug-likeness (QED) is 0.129. The van der Waals surface area contributed by atoms with Gasteiger partial charge in [-0.15, -0.1) is 0 Å². The van der Waals surface area contributed by atoms with E-state index < -0.39 is 0 Å². The topological polar surface area (TPSA) is 46.6 Å². The molecule has 0 fully saturated rings. The SMILES string of the molecule is CN(C)c1ccc(C=C(c2n[n+](-c3ccccc3)c(-c3ccccc3)n2-c2cccc3ccccc23)c2n[n+](-c3ccccc3)c(-c3ccccc3)n2-c2cccc3ccccc23)cc1. The molecule has 0 spiro atoms. The Morgan fingerprint density at radius 1 is 0.415 bits per heavy atom. The van der Waals surface area contributed by atoms with Crippen molar-refractivity contribution in [3.8, 4) is 45.5 Å². The van der Waals surface area contributed by atoms with E-state index in [0.717, 1.165) is 83.9 Å². The van der Waals surface area contributed by atoms with Gasteiger partial charge in [0.25, 0.3) is 11.6 Å². The van der Waals surface area contributed by atoms with Crippen molar-refractivity contribution in [1.29, 1.82) is 0 Å². The normalized spacial score (nSPS) is 11.2. The van der Waals surface area contributed by atoms with E-state index in [1.54, 1.807) is 0 Å². The van der Waals surface area contributed by atoms with Gasteiger partial charge in [-0.3, -0.25) is 0 Å². The summed E-state index contributed by atoms with van der Waals surface area (Å²) in [4.78, 5) is 2.12. The highest BCUT2D eigenvalue weighted by molar-refractivity contribution is 5.95. The van der Waals surface area contributed by atoms with Crippen molar-refractivity contribution in [3.63, 3.8) is 0 Å². The van der Waals surface area contributed by atoms with Gasteiger partial charge in [0.1, 0.15) is 16.9 Å². The van der Waals surface area contributed by atoms with Gasteiger partial charge in [-0.25, -0.2) is 0 Å². The van der Waals surface area contributed by atoms with Crippen LogP contribution < -0.4 is 14.3 Å². The lowest BCUT2D eigenvalue weighted by Crippen LogP contribution is -2.35. The molecule has 0 saturated carbocycles. The maximum atomic E-state index is 5.78. The van der Waals surface area contributed by atoms with Crippen LogP contribution in [0.4, 0.5) is 5.69 Å². The second-order valence-corrected chi connectivity index (χ2v) is 16.2. The Morgan fingerprint density at radius 3 is 1.23 bits per heavy atom. The van der Waals surface area contributed by atoms with E-state index in [4.69, 9.17) is 10.2 Å². The summed E-state index contributed by atoms with van der Waals surface area (Å²) in [5.41, 5.74) is 8.82. The van der Waals surface area contributed by atoms with Gasteiger partial charge >= 0.3 is 11.6 Å². The molecule has 0 saturated heterocycles. The molecular weight excluding hydrogens is 795 g/mol. The van der Waals surface area contributed by atoms with Gasteiger partial charge in [-0.05, 0) is 105 Å². The molecule has 0 aliphatic heterocycles. The van der Waals surface area contributed by atoms with E-state index in [2.05, 4.69) is 262 Å². The summed E-state index contributed by atoms with van der Waals surface area (Å²) >= 11 is 0. The van der Waals surface area contributed by atoms with Gasteiger partial charge in [-0.2, -0.15) is 9.13 Å². The smallest absolute Gasteiger partial charge is 0.321 e. The number of aromatic nitrogens is 6. The van der Waals surface area contributed by atoms with Crippen molar-refractivity contribution in [1.82, 2.24) is 19.3 Å². The largest absolute Gasteiger partial charge is 0.378 e. The number of rotatable bonds is 10. The van der Waals surface area contributed by atoms with Crippen LogP contribution in [0.15, 0.2) is 231 Å². The fraction of sp³-hybridized carbons (Fsp3) is 0.0345. The molecule has 310 valence electrons. The molecule has 0 aliphatic carbocycles. The van der Waals surface area contributed by atoms with Crippen molar-refractivity contribution in [2.45, 2.75) is 0 Å². The minimum absolute atomic E-state index is 0.715. The molecule has 0 atom stereocenters. The Hall–Kier alpha value is -8.68. The second-order valence-electron chi connectivity index (χ2n) is 16.2. The molecule has 7 heteroatoms. The number of hydrogen-bond acceptors (Lipinski definition) is 3. The van der Waals surface area contributed by atoms with Gasteiger partial charge < -0.3 is 4.90 Å². The third-order valence-electron chi connectivity index (χ3n) is 11.9. The van der Waals surface area contributed by atoms with Crippen LogP contribution >= 0.6 is 0 Å². The molecule has 0 N–H and O–H groups in total. The molecule has 9 aromatic carbocycles. The lowest BCUT2D eigenvalue weighted by atomic mass is 10.0. The lowest BCUT2D eigenvalue weighted by Gasteiger charge is -2.12. The fourth-order valence-electron chi connectivity index (χ4n) is 8.82. The molecule has 11 aromatic rings. The lowest BCUT2D eigenvalue weighted by molar-refractivity contribution is -0.646. The first-order chi connectivity index (χ1) is 32.1. The zero-order valence-electron chi connectivity index (χ0n) is 36.1. The summed E-state index contributed by atoms with van der Waals surface area (Å²) in [5.74, 6) is 3.23. The van der Waals surface area contributed by atoms with Gasteiger partial charge in [-0.1, -0.05) is 167 Å². The maximum Gasteiger partial charge on any atom is 0.321 e. The number of anilines is 1. The van der Waals surface area contributed by atoms with E-state index in [1.807, 2.05) is 12.1 Å². The molecule has 65 heavy (non-hydrogen) atoms. The molecule has 2 aromatic heterocycles. The second kappa shape index (κ2) is 16.9. The highest BCUT2D eigenvalue weighted by atomic mass is 15.4. The number of hydrogen-bond donors (Lipinski definition) is 0. The van der Waals surface area contributed by atoms with Gasteiger partial charge in [0.15, 0.2) is 11.4 Å². The number of fused-ring (bicyclic) bond motifs is 2. The highest BCUT2D eigenvalue weighted by Crippen LogP contribution is 2.37. The van der Waals surface area contributed by atoms with Crippen LogP contribution in [0, 0.1) is 0 Å². The fourth-order valence-corrected chi connectivity index (χ4v) is 8.82. The number of benzene rings is 9. The van der Waals surface area contributed by atoms with E-state index in [-0.39, 0.29) is 0 Å². The van der Waals surface area contributed by atoms with Crippen LogP contribution in [-0.4, -0.2) is 33.4 Å². The first-order valence-electron chi connectivity index (χ1n) is 21.9. The molecule has 2 heterocycles. The molecule has 0 unspecified atom stereocenters. The van der Waals surface area contributed by atoms with Crippen molar-refractivity contribution in [2.75, 3.05) is 19.0 Å². The molecule has 0 aliphatic rings. The predicted molar refractivity (Wildman–Crippen MR) is 264 cm³/mol. The Labute approximate surface area is 378 Å². The summed E-state index contributed by atoms with van der Waals surface area (Å²) in [6.07, 6.45) is 2.25.